The lowest BCUT2D eigenvalue weighted by molar-refractivity contribution is -0.120. The van der Waals surface area contributed by atoms with E-state index in [0.29, 0.717) is 11.6 Å². The molecule has 2 aromatic rings. The molecule has 122 valence electrons. The van der Waals surface area contributed by atoms with E-state index >= 15 is 0 Å². The molecule has 2 rings (SSSR count). The van der Waals surface area contributed by atoms with Crippen LogP contribution in [-0.4, -0.2) is 16.1 Å². The van der Waals surface area contributed by atoms with Crippen LogP contribution in [0.2, 0.25) is 0 Å². The lowest BCUT2D eigenvalue weighted by atomic mass is 10.0. The smallest absolute Gasteiger partial charge is 0.228 e. The van der Waals surface area contributed by atoms with Crippen LogP contribution < -0.4 is 10.6 Å². The molecule has 0 aliphatic rings. The van der Waals surface area contributed by atoms with Gasteiger partial charge in [-0.15, -0.1) is 10.2 Å². The highest BCUT2D eigenvalue weighted by molar-refractivity contribution is 5.91. The molecule has 0 unspecified atom stereocenters. The fraction of sp³-hybridized carbons (Fsp3) is 0.389. The first kappa shape index (κ1) is 16.9. The fourth-order valence-electron chi connectivity index (χ4n) is 2.32. The molecular weight excluding hydrogens is 288 g/mol. The second kappa shape index (κ2) is 7.72. The van der Waals surface area contributed by atoms with Crippen LogP contribution in [0, 0.1) is 19.8 Å². The lowest BCUT2D eigenvalue weighted by Crippen LogP contribution is -2.22. The molecule has 23 heavy (non-hydrogen) atoms. The van der Waals surface area contributed by atoms with Crippen molar-refractivity contribution in [3.63, 3.8) is 0 Å². The predicted molar refractivity (Wildman–Crippen MR) is 93.9 cm³/mol. The Labute approximate surface area is 137 Å². The Kier molecular flexibility index (Phi) is 5.68. The standard InChI is InChI=1S/C18H24N4O/c1-5-14(6-2)18(23)20-17-10-9-16(21-22-17)19-15-8-7-12(3)13(4)11-15/h7-11,14H,5-6H2,1-4H3,(H,19,21)(H,20,22,23). The molecular formula is C18H24N4O. The van der Waals surface area contributed by atoms with Crippen molar-refractivity contribution in [1.29, 1.82) is 0 Å². The second-order valence-corrected chi connectivity index (χ2v) is 5.73. The number of hydrogen-bond donors (Lipinski definition) is 2. The van der Waals surface area contributed by atoms with Crippen molar-refractivity contribution < 1.29 is 4.79 Å². The first-order valence-corrected chi connectivity index (χ1v) is 8.02. The summed E-state index contributed by atoms with van der Waals surface area (Å²) in [7, 11) is 0. The summed E-state index contributed by atoms with van der Waals surface area (Å²) >= 11 is 0. The van der Waals surface area contributed by atoms with E-state index in [0.717, 1.165) is 18.5 Å². The van der Waals surface area contributed by atoms with Crippen molar-refractivity contribution in [2.24, 2.45) is 5.92 Å². The zero-order chi connectivity index (χ0) is 16.8. The maximum absolute atomic E-state index is 12.0. The first-order valence-electron chi connectivity index (χ1n) is 8.02. The number of anilines is 3. The Balaban J connectivity index is 2.01. The summed E-state index contributed by atoms with van der Waals surface area (Å²) in [6.45, 7) is 8.17. The number of hydrogen-bond acceptors (Lipinski definition) is 4. The summed E-state index contributed by atoms with van der Waals surface area (Å²) in [4.78, 5) is 12.0. The molecule has 0 saturated carbocycles. The summed E-state index contributed by atoms with van der Waals surface area (Å²) in [5, 5.41) is 14.2. The maximum Gasteiger partial charge on any atom is 0.228 e. The minimum absolute atomic E-state index is 0.000770. The third-order valence-electron chi connectivity index (χ3n) is 4.05. The summed E-state index contributed by atoms with van der Waals surface area (Å²) in [5.74, 6) is 1.14. The zero-order valence-electron chi connectivity index (χ0n) is 14.2. The van der Waals surface area contributed by atoms with Gasteiger partial charge in [0.2, 0.25) is 5.91 Å². The summed E-state index contributed by atoms with van der Waals surface area (Å²) in [6.07, 6.45) is 1.64. The Morgan fingerprint density at radius 3 is 2.22 bits per heavy atom. The predicted octanol–water partition coefficient (Wildman–Crippen LogP) is 4.21. The molecule has 1 aromatic carbocycles. The number of rotatable bonds is 6. The van der Waals surface area contributed by atoms with Crippen LogP contribution in [-0.2, 0) is 4.79 Å². The maximum atomic E-state index is 12.0. The Morgan fingerprint density at radius 2 is 1.65 bits per heavy atom. The molecule has 0 atom stereocenters. The highest BCUT2D eigenvalue weighted by Crippen LogP contribution is 2.18. The lowest BCUT2D eigenvalue weighted by Gasteiger charge is -2.12. The van der Waals surface area contributed by atoms with E-state index in [2.05, 4.69) is 46.8 Å². The van der Waals surface area contributed by atoms with E-state index in [9.17, 15) is 4.79 Å². The number of carbonyl (C=O) groups excluding carboxylic acids is 1. The first-order chi connectivity index (χ1) is 11.0. The molecule has 0 radical (unpaired) electrons. The van der Waals surface area contributed by atoms with Gasteiger partial charge in [-0.2, -0.15) is 0 Å². The van der Waals surface area contributed by atoms with E-state index in [1.54, 1.807) is 6.07 Å². The second-order valence-electron chi connectivity index (χ2n) is 5.73. The van der Waals surface area contributed by atoms with E-state index in [4.69, 9.17) is 0 Å². The minimum atomic E-state index is -0.000770. The number of amides is 1. The van der Waals surface area contributed by atoms with E-state index in [1.807, 2.05) is 26.0 Å². The van der Waals surface area contributed by atoms with Crippen molar-refractivity contribution in [1.82, 2.24) is 10.2 Å². The van der Waals surface area contributed by atoms with Crippen molar-refractivity contribution in [3.05, 3.63) is 41.5 Å². The highest BCUT2D eigenvalue weighted by Gasteiger charge is 2.14. The highest BCUT2D eigenvalue weighted by atomic mass is 16.1. The van der Waals surface area contributed by atoms with Gasteiger partial charge >= 0.3 is 0 Å². The average Bonchev–Trinajstić information content (AvgIpc) is 2.54. The molecule has 0 aliphatic carbocycles. The van der Waals surface area contributed by atoms with E-state index in [1.165, 1.54) is 11.1 Å². The van der Waals surface area contributed by atoms with Crippen molar-refractivity contribution in [2.75, 3.05) is 10.6 Å². The third kappa shape index (κ3) is 4.52. The SMILES string of the molecule is CCC(CC)C(=O)Nc1ccc(Nc2ccc(C)c(C)c2)nn1. The normalized spacial score (nSPS) is 10.7. The molecule has 5 nitrogen and oxygen atoms in total. The van der Waals surface area contributed by atoms with Gasteiger partial charge in [-0.3, -0.25) is 4.79 Å². The van der Waals surface area contributed by atoms with Gasteiger partial charge < -0.3 is 10.6 Å². The molecule has 0 fully saturated rings. The summed E-state index contributed by atoms with van der Waals surface area (Å²) < 4.78 is 0. The van der Waals surface area contributed by atoms with Crippen molar-refractivity contribution >= 4 is 23.2 Å². The molecule has 0 saturated heterocycles. The number of nitrogens with one attached hydrogen (secondary N) is 2. The van der Waals surface area contributed by atoms with Crippen LogP contribution in [0.25, 0.3) is 0 Å². The van der Waals surface area contributed by atoms with E-state index in [-0.39, 0.29) is 11.8 Å². The van der Waals surface area contributed by atoms with Crippen LogP contribution >= 0.6 is 0 Å². The number of carbonyl (C=O) groups is 1. The van der Waals surface area contributed by atoms with Gasteiger partial charge in [-0.05, 0) is 62.1 Å². The number of benzene rings is 1. The molecule has 1 heterocycles. The van der Waals surface area contributed by atoms with E-state index < -0.39 is 0 Å². The molecule has 0 aliphatic heterocycles. The van der Waals surface area contributed by atoms with Crippen LogP contribution in [0.15, 0.2) is 30.3 Å². The monoisotopic (exact) mass is 312 g/mol. The number of nitrogens with zero attached hydrogens (tertiary/aromatic N) is 2. The largest absolute Gasteiger partial charge is 0.339 e. The minimum Gasteiger partial charge on any atom is -0.339 e. The van der Waals surface area contributed by atoms with Crippen LogP contribution in [0.1, 0.15) is 37.8 Å². The average molecular weight is 312 g/mol. The fourth-order valence-corrected chi connectivity index (χ4v) is 2.32. The zero-order valence-corrected chi connectivity index (χ0v) is 14.2. The molecule has 0 spiro atoms. The molecule has 5 heteroatoms. The molecule has 0 bridgehead atoms. The number of aryl methyl sites for hydroxylation is 2. The van der Waals surface area contributed by atoms with Crippen LogP contribution in [0.3, 0.4) is 0 Å². The topological polar surface area (TPSA) is 66.9 Å². The van der Waals surface area contributed by atoms with Crippen molar-refractivity contribution in [3.8, 4) is 0 Å². The van der Waals surface area contributed by atoms with Gasteiger partial charge in [0.1, 0.15) is 0 Å². The quantitative estimate of drug-likeness (QED) is 0.838. The van der Waals surface area contributed by atoms with Gasteiger partial charge in [0.15, 0.2) is 11.6 Å². The van der Waals surface area contributed by atoms with Gasteiger partial charge in [-0.25, -0.2) is 0 Å². The number of aromatic nitrogens is 2. The molecule has 1 amide bonds. The van der Waals surface area contributed by atoms with Gasteiger partial charge in [-0.1, -0.05) is 19.9 Å². The Morgan fingerprint density at radius 1 is 1.00 bits per heavy atom. The molecule has 2 N–H and O–H groups in total. The van der Waals surface area contributed by atoms with Gasteiger partial charge in [0.05, 0.1) is 0 Å². The van der Waals surface area contributed by atoms with Crippen molar-refractivity contribution in [2.45, 2.75) is 40.5 Å². The Bertz CT molecular complexity index is 663. The summed E-state index contributed by atoms with van der Waals surface area (Å²) in [5.41, 5.74) is 3.44. The Hall–Kier alpha value is -2.43. The van der Waals surface area contributed by atoms with Gasteiger partial charge in [0.25, 0.3) is 0 Å². The van der Waals surface area contributed by atoms with Gasteiger partial charge in [0, 0.05) is 11.6 Å². The third-order valence-corrected chi connectivity index (χ3v) is 4.05. The molecule has 1 aromatic heterocycles. The summed E-state index contributed by atoms with van der Waals surface area (Å²) in [6, 6.07) is 9.71. The van der Waals surface area contributed by atoms with Crippen LogP contribution in [0.5, 0.6) is 0 Å². The van der Waals surface area contributed by atoms with Crippen LogP contribution in [0.4, 0.5) is 17.3 Å².